The Bertz CT molecular complexity index is 817. The fourth-order valence-electron chi connectivity index (χ4n) is 1.99. The predicted molar refractivity (Wildman–Crippen MR) is 86.0 cm³/mol. The third-order valence-corrected chi connectivity index (χ3v) is 5.00. The zero-order valence-electron chi connectivity index (χ0n) is 11.7. The van der Waals surface area contributed by atoms with E-state index < -0.39 is 0 Å². The smallest absolute Gasteiger partial charge is 0.168 e. The number of benzene rings is 1. The summed E-state index contributed by atoms with van der Waals surface area (Å²) in [6.45, 7) is 2.06. The minimum absolute atomic E-state index is 0.113. The quantitative estimate of drug-likeness (QED) is 0.525. The first-order chi connectivity index (χ1) is 10.7. The zero-order chi connectivity index (χ0) is 15.5. The van der Waals surface area contributed by atoms with E-state index in [1.54, 1.807) is 11.8 Å². The molecule has 0 fully saturated rings. The maximum absolute atomic E-state index is 12.9. The highest BCUT2D eigenvalue weighted by Crippen LogP contribution is 2.29. The van der Waals surface area contributed by atoms with Crippen LogP contribution in [0.15, 0.2) is 34.9 Å². The second-order valence-electron chi connectivity index (χ2n) is 4.49. The van der Waals surface area contributed by atoms with E-state index in [0.717, 1.165) is 14.9 Å². The van der Waals surface area contributed by atoms with E-state index in [9.17, 15) is 9.18 Å². The van der Waals surface area contributed by atoms with Crippen LogP contribution in [0.5, 0.6) is 0 Å². The largest absolute Gasteiger partial charge is 0.294 e. The van der Waals surface area contributed by atoms with Gasteiger partial charge in [0.2, 0.25) is 0 Å². The molecule has 0 radical (unpaired) electrons. The molecule has 0 amide bonds. The number of halogens is 1. The summed E-state index contributed by atoms with van der Waals surface area (Å²) in [5, 5.41) is 0. The molecule has 0 unspecified atom stereocenters. The van der Waals surface area contributed by atoms with Gasteiger partial charge in [0.15, 0.2) is 10.1 Å². The van der Waals surface area contributed by atoms with Gasteiger partial charge in [-0.25, -0.2) is 19.3 Å². The number of rotatable bonds is 5. The summed E-state index contributed by atoms with van der Waals surface area (Å²) in [6, 6.07) is 5.52. The summed E-state index contributed by atoms with van der Waals surface area (Å²) in [4.78, 5) is 26.0. The second-order valence-corrected chi connectivity index (χ2v) is 6.98. The van der Waals surface area contributed by atoms with Crippen LogP contribution in [0.4, 0.5) is 4.39 Å². The molecule has 0 aliphatic carbocycles. The van der Waals surface area contributed by atoms with Crippen LogP contribution in [0.25, 0.3) is 10.3 Å². The fourth-order valence-corrected chi connectivity index (χ4v) is 3.88. The molecule has 1 aromatic carbocycles. The molecule has 22 heavy (non-hydrogen) atoms. The van der Waals surface area contributed by atoms with E-state index in [4.69, 9.17) is 0 Å². The van der Waals surface area contributed by atoms with Gasteiger partial charge in [-0.15, -0.1) is 0 Å². The van der Waals surface area contributed by atoms with E-state index in [2.05, 4.69) is 21.9 Å². The Morgan fingerprint density at radius 2 is 2.05 bits per heavy atom. The van der Waals surface area contributed by atoms with Gasteiger partial charge in [0.25, 0.3) is 0 Å². The number of thioether (sulfide) groups is 1. The van der Waals surface area contributed by atoms with Crippen molar-refractivity contribution in [3.63, 3.8) is 0 Å². The number of hydrogen-bond donors (Lipinski definition) is 0. The summed E-state index contributed by atoms with van der Waals surface area (Å²) in [5.41, 5.74) is 1.75. The van der Waals surface area contributed by atoms with E-state index >= 15 is 0 Å². The molecule has 2 heterocycles. The Hall–Kier alpha value is -1.86. The zero-order valence-corrected chi connectivity index (χ0v) is 13.4. The number of carbonyl (C=O) groups excluding carboxylic acids is 1. The van der Waals surface area contributed by atoms with Crippen molar-refractivity contribution in [1.82, 2.24) is 15.0 Å². The number of Topliss-reactive ketones (excluding diaryl/α,β-unsaturated/α-hetero) is 1. The standard InChI is InChI=1S/C15H12FN3OS2/c1-2-21-15-19-13-11(17-8-18-14(13)22-15)7-12(20)9-3-5-10(16)6-4-9/h3-6,8H,2,7H2,1H3. The molecule has 0 aliphatic rings. The summed E-state index contributed by atoms with van der Waals surface area (Å²) in [6.07, 6.45) is 1.58. The molecule has 7 heteroatoms. The molecule has 2 aromatic heterocycles. The van der Waals surface area contributed by atoms with Crippen LogP contribution in [0.2, 0.25) is 0 Å². The lowest BCUT2D eigenvalue weighted by Crippen LogP contribution is -2.06. The van der Waals surface area contributed by atoms with Gasteiger partial charge >= 0.3 is 0 Å². The van der Waals surface area contributed by atoms with E-state index in [1.165, 1.54) is 41.9 Å². The average molecular weight is 333 g/mol. The minimum Gasteiger partial charge on any atom is -0.294 e. The number of nitrogens with zero attached hydrogens (tertiary/aromatic N) is 3. The number of ketones is 1. The van der Waals surface area contributed by atoms with Gasteiger partial charge in [-0.2, -0.15) is 0 Å². The van der Waals surface area contributed by atoms with Crippen LogP contribution in [0.3, 0.4) is 0 Å². The Balaban J connectivity index is 1.89. The van der Waals surface area contributed by atoms with Gasteiger partial charge in [0.1, 0.15) is 22.5 Å². The van der Waals surface area contributed by atoms with Gasteiger partial charge in [-0.3, -0.25) is 4.79 Å². The highest BCUT2D eigenvalue weighted by molar-refractivity contribution is 8.01. The van der Waals surface area contributed by atoms with Crippen molar-refractivity contribution < 1.29 is 9.18 Å². The van der Waals surface area contributed by atoms with Crippen LogP contribution in [0.1, 0.15) is 23.0 Å². The lowest BCUT2D eigenvalue weighted by atomic mass is 10.1. The molecular weight excluding hydrogens is 321 g/mol. The van der Waals surface area contributed by atoms with Gasteiger partial charge in [-0.1, -0.05) is 30.0 Å². The summed E-state index contributed by atoms with van der Waals surface area (Å²) in [5.74, 6) is 0.455. The first-order valence-corrected chi connectivity index (χ1v) is 8.49. The van der Waals surface area contributed by atoms with E-state index in [-0.39, 0.29) is 18.0 Å². The van der Waals surface area contributed by atoms with E-state index in [0.29, 0.717) is 16.8 Å². The van der Waals surface area contributed by atoms with E-state index in [1.807, 2.05) is 0 Å². The topological polar surface area (TPSA) is 55.7 Å². The number of thiazole rings is 1. The molecule has 4 nitrogen and oxygen atoms in total. The van der Waals surface area contributed by atoms with Gasteiger partial charge in [0.05, 0.1) is 12.1 Å². The fraction of sp³-hybridized carbons (Fsp3) is 0.200. The van der Waals surface area contributed by atoms with Gasteiger partial charge < -0.3 is 0 Å². The van der Waals surface area contributed by atoms with Crippen molar-refractivity contribution in [3.8, 4) is 0 Å². The molecule has 112 valence electrons. The first-order valence-electron chi connectivity index (χ1n) is 6.69. The molecule has 0 spiro atoms. The lowest BCUT2D eigenvalue weighted by molar-refractivity contribution is 0.0992. The number of aromatic nitrogens is 3. The monoisotopic (exact) mass is 333 g/mol. The molecular formula is C15H12FN3OS2. The van der Waals surface area contributed by atoms with Crippen LogP contribution in [0, 0.1) is 5.82 Å². The molecule has 0 atom stereocenters. The molecule has 0 saturated carbocycles. The summed E-state index contributed by atoms with van der Waals surface area (Å²) < 4.78 is 13.8. The molecule has 0 aliphatic heterocycles. The summed E-state index contributed by atoms with van der Waals surface area (Å²) >= 11 is 3.14. The van der Waals surface area contributed by atoms with Crippen molar-refractivity contribution in [1.29, 1.82) is 0 Å². The Morgan fingerprint density at radius 3 is 2.77 bits per heavy atom. The maximum Gasteiger partial charge on any atom is 0.168 e. The minimum atomic E-state index is -0.360. The first kappa shape index (κ1) is 15.1. The molecule has 0 N–H and O–H groups in total. The van der Waals surface area contributed by atoms with Crippen molar-refractivity contribution in [3.05, 3.63) is 47.7 Å². The van der Waals surface area contributed by atoms with Crippen LogP contribution in [-0.2, 0) is 6.42 Å². The van der Waals surface area contributed by atoms with Crippen LogP contribution >= 0.6 is 23.1 Å². The Morgan fingerprint density at radius 1 is 1.27 bits per heavy atom. The van der Waals surface area contributed by atoms with Gasteiger partial charge in [-0.05, 0) is 30.0 Å². The van der Waals surface area contributed by atoms with Crippen molar-refractivity contribution in [2.45, 2.75) is 17.7 Å². The third-order valence-electron chi connectivity index (χ3n) is 3.01. The number of carbonyl (C=O) groups is 1. The van der Waals surface area contributed by atoms with Gasteiger partial charge in [0, 0.05) is 5.56 Å². The molecule has 0 bridgehead atoms. The SMILES string of the molecule is CCSc1nc2c(CC(=O)c3ccc(F)cc3)ncnc2s1. The Labute approximate surface area is 134 Å². The third kappa shape index (κ3) is 3.15. The van der Waals surface area contributed by atoms with Crippen molar-refractivity contribution in [2.75, 3.05) is 5.75 Å². The number of fused-ring (bicyclic) bond motifs is 1. The summed E-state index contributed by atoms with van der Waals surface area (Å²) in [7, 11) is 0. The lowest BCUT2D eigenvalue weighted by Gasteiger charge is -2.01. The van der Waals surface area contributed by atoms with Crippen molar-refractivity contribution >= 4 is 39.2 Å². The molecule has 3 aromatic rings. The second kappa shape index (κ2) is 6.50. The van der Waals surface area contributed by atoms with Crippen LogP contribution < -0.4 is 0 Å². The highest BCUT2D eigenvalue weighted by atomic mass is 32.2. The maximum atomic E-state index is 12.9. The van der Waals surface area contributed by atoms with Crippen molar-refractivity contribution in [2.24, 2.45) is 0 Å². The number of hydrogen-bond acceptors (Lipinski definition) is 6. The normalized spacial score (nSPS) is 11.0. The molecule has 0 saturated heterocycles. The molecule has 3 rings (SSSR count). The Kier molecular flexibility index (Phi) is 4.44. The average Bonchev–Trinajstić information content (AvgIpc) is 2.92. The van der Waals surface area contributed by atoms with Crippen LogP contribution in [-0.4, -0.2) is 26.5 Å². The predicted octanol–water partition coefficient (Wildman–Crippen LogP) is 3.76. The highest BCUT2D eigenvalue weighted by Gasteiger charge is 2.15.